The number of nitrogens with zero attached hydrogens (tertiary/aromatic N) is 4. The highest BCUT2D eigenvalue weighted by Gasteiger charge is 2.51. The maximum atomic E-state index is 14.3. The van der Waals surface area contributed by atoms with Crippen LogP contribution in [-0.2, 0) is 33.6 Å². The molecular formula is C50H60N5O10P. The highest BCUT2D eigenvalue weighted by Crippen LogP contribution is 2.51. The van der Waals surface area contributed by atoms with Gasteiger partial charge in [0.25, 0.3) is 14.4 Å². The molecule has 2 heterocycles. The van der Waals surface area contributed by atoms with Gasteiger partial charge in [0.1, 0.15) is 41.2 Å². The van der Waals surface area contributed by atoms with Gasteiger partial charge in [-0.25, -0.2) is 9.46 Å². The van der Waals surface area contributed by atoms with Crippen molar-refractivity contribution in [3.63, 3.8) is 0 Å². The maximum Gasteiger partial charge on any atom is 0.351 e. The number of aryl methyl sites for hydroxylation is 1. The fourth-order valence-electron chi connectivity index (χ4n) is 7.97. The summed E-state index contributed by atoms with van der Waals surface area (Å²) in [6, 6.07) is 36.1. The van der Waals surface area contributed by atoms with Gasteiger partial charge in [0.05, 0.1) is 53.1 Å². The van der Waals surface area contributed by atoms with E-state index < -0.39 is 50.3 Å². The van der Waals surface area contributed by atoms with Crippen LogP contribution >= 0.6 is 8.53 Å². The summed E-state index contributed by atoms with van der Waals surface area (Å²) in [4.78, 5) is 31.9. The molecule has 1 amide bonds. The SMILES string of the molecule is COCCOC1C(COC(c2ccccc2)(c2ccc(OC)cc2)c2ccc(OC)cc2)OC(n2cc(C)c(NC(=O)c3ccccc3)nc2=O)C1OP(OCCC#N)N(C(C)C)C(C)C. The number of hydrogen-bond acceptors (Lipinski definition) is 13. The zero-order valence-corrected chi connectivity index (χ0v) is 39.7. The van der Waals surface area contributed by atoms with Crippen molar-refractivity contribution in [2.24, 2.45) is 0 Å². The van der Waals surface area contributed by atoms with Crippen molar-refractivity contribution in [3.8, 4) is 17.6 Å². The van der Waals surface area contributed by atoms with E-state index in [-0.39, 0.29) is 50.7 Å². The van der Waals surface area contributed by atoms with Crippen molar-refractivity contribution in [3.05, 3.63) is 154 Å². The number of anilines is 1. The molecule has 6 rings (SSSR count). The molecule has 4 aromatic carbocycles. The summed E-state index contributed by atoms with van der Waals surface area (Å²) in [6.45, 7) is 10.4. The zero-order chi connectivity index (χ0) is 47.2. The van der Waals surface area contributed by atoms with E-state index in [1.54, 1.807) is 58.7 Å². The Labute approximate surface area is 388 Å². The lowest BCUT2D eigenvalue weighted by Crippen LogP contribution is -2.43. The molecule has 1 saturated heterocycles. The maximum absolute atomic E-state index is 14.3. The quantitative estimate of drug-likeness (QED) is 0.0378. The minimum atomic E-state index is -1.88. The third-order valence-corrected chi connectivity index (χ3v) is 13.2. The largest absolute Gasteiger partial charge is 0.497 e. The average molecular weight is 922 g/mol. The first-order chi connectivity index (χ1) is 31.9. The zero-order valence-electron chi connectivity index (χ0n) is 38.8. The molecule has 1 aliphatic rings. The van der Waals surface area contributed by atoms with Gasteiger partial charge in [-0.2, -0.15) is 10.2 Å². The summed E-state index contributed by atoms with van der Waals surface area (Å²) in [7, 11) is 2.94. The number of amides is 1. The van der Waals surface area contributed by atoms with E-state index in [1.807, 2.05) is 113 Å². The number of nitrogens with one attached hydrogen (secondary N) is 1. The molecule has 5 unspecified atom stereocenters. The lowest BCUT2D eigenvalue weighted by atomic mass is 9.80. The van der Waals surface area contributed by atoms with Gasteiger partial charge >= 0.3 is 5.69 Å². The highest BCUT2D eigenvalue weighted by molar-refractivity contribution is 7.44. The number of benzene rings is 4. The minimum Gasteiger partial charge on any atom is -0.497 e. The van der Waals surface area contributed by atoms with Crippen molar-refractivity contribution in [2.75, 3.05) is 53.1 Å². The van der Waals surface area contributed by atoms with E-state index in [0.717, 1.165) is 16.7 Å². The first-order valence-electron chi connectivity index (χ1n) is 21.9. The standard InChI is InChI=1S/C50H60N5O10P/c1-34(2)55(35(3)4)66(63-29-15-28-51)65-45-44(61-31-30-58-6)43(64-48(45)54-32-36(5)46(53-49(54)57)52-47(56)37-16-11-9-12-17-37)33-62-50(38-18-13-10-14-19-38,39-20-24-41(59-7)25-21-39)40-22-26-42(60-8)27-23-40/h9-14,16-27,32,34-35,43-45,48H,15,29-31,33H2,1-8H3,(H,52,53,56,57). The van der Waals surface area contributed by atoms with Crippen molar-refractivity contribution in [2.45, 2.75) is 83.3 Å². The Morgan fingerprint density at radius 3 is 1.95 bits per heavy atom. The first kappa shape index (κ1) is 49.9. The molecule has 0 bridgehead atoms. The van der Waals surface area contributed by atoms with Gasteiger partial charge in [0, 0.05) is 36.5 Å². The Balaban J connectivity index is 1.48. The lowest BCUT2D eigenvalue weighted by Gasteiger charge is -2.38. The smallest absolute Gasteiger partial charge is 0.351 e. The second-order valence-corrected chi connectivity index (χ2v) is 17.5. The molecular weight excluding hydrogens is 862 g/mol. The van der Waals surface area contributed by atoms with Crippen LogP contribution in [0.3, 0.4) is 0 Å². The summed E-state index contributed by atoms with van der Waals surface area (Å²) in [5.74, 6) is 1.04. The summed E-state index contributed by atoms with van der Waals surface area (Å²) < 4.78 is 54.6. The number of aromatic nitrogens is 2. The van der Waals surface area contributed by atoms with Gasteiger partial charge in [-0.05, 0) is 87.7 Å². The number of carbonyl (C=O) groups excluding carboxylic acids is 1. The van der Waals surface area contributed by atoms with Crippen LogP contribution in [0, 0.1) is 18.3 Å². The number of carbonyl (C=O) groups is 1. The number of methoxy groups -OCH3 is 3. The van der Waals surface area contributed by atoms with E-state index >= 15 is 0 Å². The van der Waals surface area contributed by atoms with Crippen molar-refractivity contribution >= 4 is 20.3 Å². The summed E-state index contributed by atoms with van der Waals surface area (Å²) in [5.41, 5.74) is 1.44. The molecule has 1 aliphatic heterocycles. The first-order valence-corrected chi connectivity index (χ1v) is 23.0. The molecule has 0 saturated carbocycles. The van der Waals surface area contributed by atoms with E-state index in [2.05, 4.69) is 21.0 Å². The number of hydrogen-bond donors (Lipinski definition) is 1. The van der Waals surface area contributed by atoms with Crippen molar-refractivity contribution in [1.82, 2.24) is 14.2 Å². The van der Waals surface area contributed by atoms with Crippen LogP contribution in [0.1, 0.15) is 73.0 Å². The number of rotatable bonds is 23. The Kier molecular flexibility index (Phi) is 18.0. The molecule has 1 fully saturated rings. The topological polar surface area (TPSA) is 165 Å². The molecule has 0 radical (unpaired) electrons. The lowest BCUT2D eigenvalue weighted by molar-refractivity contribution is -0.107. The molecule has 1 N–H and O–H groups in total. The van der Waals surface area contributed by atoms with Crippen LogP contribution in [0.2, 0.25) is 0 Å². The normalized spacial score (nSPS) is 17.8. The Hall–Kier alpha value is -5.53. The van der Waals surface area contributed by atoms with E-state index in [0.29, 0.717) is 22.6 Å². The summed E-state index contributed by atoms with van der Waals surface area (Å²) in [6.07, 6.45) is -2.15. The molecule has 5 aromatic rings. The fraction of sp³-hybridized carbons (Fsp3) is 0.400. The van der Waals surface area contributed by atoms with Crippen molar-refractivity contribution < 1.29 is 42.3 Å². The molecule has 350 valence electrons. The van der Waals surface area contributed by atoms with Crippen LogP contribution in [0.4, 0.5) is 5.82 Å². The number of ether oxygens (including phenoxy) is 6. The van der Waals surface area contributed by atoms with E-state index in [9.17, 15) is 14.9 Å². The third kappa shape index (κ3) is 11.7. The predicted molar refractivity (Wildman–Crippen MR) is 252 cm³/mol. The van der Waals surface area contributed by atoms with E-state index in [4.69, 9.17) is 37.5 Å². The number of nitriles is 1. The van der Waals surface area contributed by atoms with Gasteiger partial charge in [-0.3, -0.25) is 9.36 Å². The van der Waals surface area contributed by atoms with Crippen LogP contribution in [0.15, 0.2) is 120 Å². The average Bonchev–Trinajstić information content (AvgIpc) is 3.66. The van der Waals surface area contributed by atoms with Crippen LogP contribution in [0.25, 0.3) is 0 Å². The fourth-order valence-corrected chi connectivity index (χ4v) is 9.71. The second-order valence-electron chi connectivity index (χ2n) is 16.1. The molecule has 16 heteroatoms. The van der Waals surface area contributed by atoms with Crippen LogP contribution in [-0.4, -0.2) is 98.3 Å². The Morgan fingerprint density at radius 1 is 0.833 bits per heavy atom. The van der Waals surface area contributed by atoms with Gasteiger partial charge in [0.15, 0.2) is 6.23 Å². The summed E-state index contributed by atoms with van der Waals surface area (Å²) in [5, 5.41) is 12.3. The van der Waals surface area contributed by atoms with Crippen LogP contribution < -0.4 is 20.5 Å². The molecule has 15 nitrogen and oxygen atoms in total. The molecule has 0 spiro atoms. The van der Waals surface area contributed by atoms with E-state index in [1.165, 1.54) is 4.57 Å². The minimum absolute atomic E-state index is 0.0365. The third-order valence-electron chi connectivity index (χ3n) is 11.1. The Morgan fingerprint density at radius 2 is 1.41 bits per heavy atom. The highest BCUT2D eigenvalue weighted by atomic mass is 31.2. The molecule has 66 heavy (non-hydrogen) atoms. The van der Waals surface area contributed by atoms with Gasteiger partial charge in [-0.1, -0.05) is 72.8 Å². The predicted octanol–water partition coefficient (Wildman–Crippen LogP) is 8.42. The second kappa shape index (κ2) is 23.8. The Bertz CT molecular complexity index is 2340. The summed E-state index contributed by atoms with van der Waals surface area (Å²) >= 11 is 0. The molecule has 0 aliphatic carbocycles. The van der Waals surface area contributed by atoms with Gasteiger partial charge in [-0.15, -0.1) is 0 Å². The monoisotopic (exact) mass is 921 g/mol. The van der Waals surface area contributed by atoms with Crippen molar-refractivity contribution in [1.29, 1.82) is 5.26 Å². The van der Waals surface area contributed by atoms with Crippen LogP contribution in [0.5, 0.6) is 11.5 Å². The van der Waals surface area contributed by atoms with Gasteiger partial charge in [0.2, 0.25) is 0 Å². The van der Waals surface area contributed by atoms with Gasteiger partial charge < -0.3 is 42.8 Å². The molecule has 1 aromatic heterocycles. The molecule has 5 atom stereocenters.